The molecule has 0 amide bonds. The molecule has 0 aliphatic heterocycles. The molecule has 86 valence electrons. The minimum Gasteiger partial charge on any atom is -0.295 e. The average Bonchev–Trinajstić information content (AvgIpc) is 2.29. The van der Waals surface area contributed by atoms with E-state index in [1.807, 2.05) is 31.2 Å². The summed E-state index contributed by atoms with van der Waals surface area (Å²) in [7, 11) is 0. The van der Waals surface area contributed by atoms with E-state index in [4.69, 9.17) is 11.6 Å². The van der Waals surface area contributed by atoms with E-state index < -0.39 is 0 Å². The van der Waals surface area contributed by atoms with Gasteiger partial charge in [-0.3, -0.25) is 4.79 Å². The van der Waals surface area contributed by atoms with E-state index in [0.717, 1.165) is 11.1 Å². The van der Waals surface area contributed by atoms with Crippen LogP contribution in [0, 0.1) is 6.92 Å². The van der Waals surface area contributed by atoms with E-state index in [1.54, 1.807) is 19.1 Å². The zero-order chi connectivity index (χ0) is 12.4. The fourth-order valence-corrected chi connectivity index (χ4v) is 2.00. The first-order valence-electron chi connectivity index (χ1n) is 5.45. The van der Waals surface area contributed by atoms with Crippen molar-refractivity contribution in [1.29, 1.82) is 0 Å². The molecule has 0 atom stereocenters. The van der Waals surface area contributed by atoms with Gasteiger partial charge in [0.2, 0.25) is 0 Å². The van der Waals surface area contributed by atoms with Crippen LogP contribution in [-0.4, -0.2) is 5.78 Å². The zero-order valence-electron chi connectivity index (χ0n) is 9.83. The number of Topliss-reactive ketones (excluding diaryl/α,β-unsaturated/α-hetero) is 1. The van der Waals surface area contributed by atoms with Gasteiger partial charge in [-0.25, -0.2) is 0 Å². The second kappa shape index (κ2) is 4.72. The van der Waals surface area contributed by atoms with Gasteiger partial charge in [-0.2, -0.15) is 0 Å². The number of carbonyl (C=O) groups excluding carboxylic acids is 1. The smallest absolute Gasteiger partial charge is 0.159 e. The number of aryl methyl sites for hydroxylation is 1. The Bertz CT molecular complexity index is 573. The Kier molecular flexibility index (Phi) is 3.30. The van der Waals surface area contributed by atoms with E-state index >= 15 is 0 Å². The molecule has 0 heterocycles. The number of hydrogen-bond donors (Lipinski definition) is 0. The van der Waals surface area contributed by atoms with E-state index in [-0.39, 0.29) is 5.78 Å². The van der Waals surface area contributed by atoms with E-state index in [0.29, 0.717) is 10.6 Å². The van der Waals surface area contributed by atoms with Crippen molar-refractivity contribution < 1.29 is 4.79 Å². The highest BCUT2D eigenvalue weighted by Crippen LogP contribution is 2.29. The molecular formula is C15H13ClO. The quantitative estimate of drug-likeness (QED) is 0.710. The van der Waals surface area contributed by atoms with Crippen LogP contribution in [0.4, 0.5) is 0 Å². The van der Waals surface area contributed by atoms with Crippen molar-refractivity contribution in [3.05, 3.63) is 58.6 Å². The summed E-state index contributed by atoms with van der Waals surface area (Å²) in [5.74, 6) is 0.0515. The van der Waals surface area contributed by atoms with Crippen molar-refractivity contribution in [3.63, 3.8) is 0 Å². The number of halogens is 1. The van der Waals surface area contributed by atoms with Gasteiger partial charge in [0.25, 0.3) is 0 Å². The minimum atomic E-state index is 0.0515. The molecule has 2 aromatic carbocycles. The van der Waals surface area contributed by atoms with Crippen molar-refractivity contribution in [3.8, 4) is 11.1 Å². The molecule has 0 aromatic heterocycles. The van der Waals surface area contributed by atoms with Crippen LogP contribution in [0.15, 0.2) is 42.5 Å². The first-order chi connectivity index (χ1) is 8.08. The maximum Gasteiger partial charge on any atom is 0.159 e. The Balaban J connectivity index is 2.58. The summed E-state index contributed by atoms with van der Waals surface area (Å²) in [6.07, 6.45) is 0. The Morgan fingerprint density at radius 1 is 1.12 bits per heavy atom. The van der Waals surface area contributed by atoms with Gasteiger partial charge in [-0.05, 0) is 37.6 Å². The number of hydrogen-bond acceptors (Lipinski definition) is 1. The number of carbonyl (C=O) groups is 1. The van der Waals surface area contributed by atoms with Crippen molar-refractivity contribution >= 4 is 17.4 Å². The zero-order valence-corrected chi connectivity index (χ0v) is 10.6. The molecule has 0 bridgehead atoms. The van der Waals surface area contributed by atoms with Crippen molar-refractivity contribution in [2.24, 2.45) is 0 Å². The molecule has 2 heteroatoms. The van der Waals surface area contributed by atoms with Gasteiger partial charge in [-0.15, -0.1) is 0 Å². The molecule has 2 rings (SSSR count). The number of ketones is 1. The summed E-state index contributed by atoms with van der Waals surface area (Å²) in [5, 5.41) is 0.667. The van der Waals surface area contributed by atoms with Crippen LogP contribution in [0.1, 0.15) is 22.8 Å². The summed E-state index contributed by atoms with van der Waals surface area (Å²) in [6.45, 7) is 3.59. The first kappa shape index (κ1) is 11.9. The summed E-state index contributed by atoms with van der Waals surface area (Å²) in [6, 6.07) is 13.5. The second-order valence-corrected chi connectivity index (χ2v) is 4.53. The first-order valence-corrected chi connectivity index (χ1v) is 5.83. The number of rotatable bonds is 2. The Hall–Kier alpha value is -1.60. The minimum absolute atomic E-state index is 0.0515. The summed E-state index contributed by atoms with van der Waals surface area (Å²) in [5.41, 5.74) is 3.80. The Labute approximate surface area is 106 Å². The Morgan fingerprint density at radius 2 is 1.88 bits per heavy atom. The standard InChI is InChI=1S/C15H13ClO/c1-10-4-3-5-13(8-10)14-9-12(11(2)17)6-7-15(14)16/h3-9H,1-2H3. The molecule has 0 aliphatic carbocycles. The number of benzene rings is 2. The van der Waals surface area contributed by atoms with Crippen LogP contribution >= 0.6 is 11.6 Å². The molecule has 0 saturated carbocycles. The van der Waals surface area contributed by atoms with Crippen LogP contribution in [-0.2, 0) is 0 Å². The van der Waals surface area contributed by atoms with Crippen LogP contribution in [0.2, 0.25) is 5.02 Å². The predicted molar refractivity (Wildman–Crippen MR) is 71.6 cm³/mol. The fourth-order valence-electron chi connectivity index (χ4n) is 1.78. The van der Waals surface area contributed by atoms with E-state index in [9.17, 15) is 4.79 Å². The molecule has 0 fully saturated rings. The van der Waals surface area contributed by atoms with Gasteiger partial charge < -0.3 is 0 Å². The molecule has 0 radical (unpaired) electrons. The van der Waals surface area contributed by atoms with E-state index in [1.165, 1.54) is 5.56 Å². The van der Waals surface area contributed by atoms with Crippen LogP contribution in [0.5, 0.6) is 0 Å². The molecule has 0 N–H and O–H groups in total. The SMILES string of the molecule is CC(=O)c1ccc(Cl)c(-c2cccc(C)c2)c1. The predicted octanol–water partition coefficient (Wildman–Crippen LogP) is 4.52. The van der Waals surface area contributed by atoms with E-state index in [2.05, 4.69) is 6.07 Å². The summed E-state index contributed by atoms with van der Waals surface area (Å²) < 4.78 is 0. The summed E-state index contributed by atoms with van der Waals surface area (Å²) in [4.78, 5) is 11.4. The topological polar surface area (TPSA) is 17.1 Å². The third kappa shape index (κ3) is 2.56. The molecule has 0 aliphatic rings. The van der Waals surface area contributed by atoms with Gasteiger partial charge in [0.15, 0.2) is 5.78 Å². The monoisotopic (exact) mass is 244 g/mol. The van der Waals surface area contributed by atoms with Crippen LogP contribution < -0.4 is 0 Å². The highest BCUT2D eigenvalue weighted by atomic mass is 35.5. The van der Waals surface area contributed by atoms with Gasteiger partial charge in [0, 0.05) is 16.1 Å². The largest absolute Gasteiger partial charge is 0.295 e. The fraction of sp³-hybridized carbons (Fsp3) is 0.133. The molecule has 0 saturated heterocycles. The molecule has 1 nitrogen and oxygen atoms in total. The lowest BCUT2D eigenvalue weighted by molar-refractivity contribution is 0.101. The van der Waals surface area contributed by atoms with Gasteiger partial charge in [0.1, 0.15) is 0 Å². The molecule has 0 spiro atoms. The summed E-state index contributed by atoms with van der Waals surface area (Å²) >= 11 is 6.18. The van der Waals surface area contributed by atoms with Crippen LogP contribution in [0.25, 0.3) is 11.1 Å². The highest BCUT2D eigenvalue weighted by Gasteiger charge is 2.07. The van der Waals surface area contributed by atoms with Gasteiger partial charge in [-0.1, -0.05) is 41.4 Å². The highest BCUT2D eigenvalue weighted by molar-refractivity contribution is 6.33. The molecule has 17 heavy (non-hydrogen) atoms. The maximum absolute atomic E-state index is 11.4. The van der Waals surface area contributed by atoms with Crippen molar-refractivity contribution in [1.82, 2.24) is 0 Å². The third-order valence-corrected chi connectivity index (χ3v) is 3.03. The Morgan fingerprint density at radius 3 is 2.53 bits per heavy atom. The average molecular weight is 245 g/mol. The third-order valence-electron chi connectivity index (χ3n) is 2.70. The maximum atomic E-state index is 11.4. The molecule has 0 unspecified atom stereocenters. The van der Waals surface area contributed by atoms with Crippen LogP contribution in [0.3, 0.4) is 0 Å². The van der Waals surface area contributed by atoms with Crippen molar-refractivity contribution in [2.75, 3.05) is 0 Å². The lowest BCUT2D eigenvalue weighted by Gasteiger charge is -2.07. The normalized spacial score (nSPS) is 10.3. The van der Waals surface area contributed by atoms with Crippen molar-refractivity contribution in [2.45, 2.75) is 13.8 Å². The molecule has 2 aromatic rings. The lowest BCUT2D eigenvalue weighted by Crippen LogP contribution is -1.92. The lowest BCUT2D eigenvalue weighted by atomic mass is 10.0. The second-order valence-electron chi connectivity index (χ2n) is 4.12. The van der Waals surface area contributed by atoms with Gasteiger partial charge >= 0.3 is 0 Å². The van der Waals surface area contributed by atoms with Gasteiger partial charge in [0.05, 0.1) is 0 Å². The molecular weight excluding hydrogens is 232 g/mol.